The number of aryl methyl sites for hydroxylation is 1. The lowest BCUT2D eigenvalue weighted by Crippen LogP contribution is -2.44. The molecule has 146 valence electrons. The van der Waals surface area contributed by atoms with Gasteiger partial charge in [-0.2, -0.15) is 0 Å². The van der Waals surface area contributed by atoms with Crippen LogP contribution in [0.25, 0.3) is 10.9 Å². The largest absolute Gasteiger partial charge is 0.370 e. The van der Waals surface area contributed by atoms with Crippen molar-refractivity contribution in [3.63, 3.8) is 0 Å². The van der Waals surface area contributed by atoms with Crippen molar-refractivity contribution in [2.75, 3.05) is 50.1 Å². The van der Waals surface area contributed by atoms with Crippen molar-refractivity contribution in [2.24, 2.45) is 0 Å². The Morgan fingerprint density at radius 2 is 1.71 bits per heavy atom. The Kier molecular flexibility index (Phi) is 5.09. The van der Waals surface area contributed by atoms with E-state index in [-0.39, 0.29) is 5.56 Å². The number of hydrogen-bond acceptors (Lipinski definition) is 4. The highest BCUT2D eigenvalue weighted by molar-refractivity contribution is 5.79. The Hall–Kier alpha value is -2.79. The van der Waals surface area contributed by atoms with Gasteiger partial charge in [0, 0.05) is 62.2 Å². The van der Waals surface area contributed by atoms with Crippen molar-refractivity contribution >= 4 is 22.3 Å². The van der Waals surface area contributed by atoms with E-state index in [9.17, 15) is 4.79 Å². The molecule has 1 saturated heterocycles. The van der Waals surface area contributed by atoms with Crippen molar-refractivity contribution in [2.45, 2.75) is 13.5 Å². The zero-order valence-corrected chi connectivity index (χ0v) is 16.9. The van der Waals surface area contributed by atoms with Crippen LogP contribution in [0.3, 0.4) is 0 Å². The normalized spacial score (nSPS) is 15.2. The van der Waals surface area contributed by atoms with Gasteiger partial charge < -0.3 is 19.7 Å². The number of rotatable bonds is 4. The van der Waals surface area contributed by atoms with Crippen LogP contribution in [-0.4, -0.2) is 50.2 Å². The number of aromatic amines is 1. The first-order chi connectivity index (χ1) is 13.5. The van der Waals surface area contributed by atoms with Crippen molar-refractivity contribution in [3.8, 4) is 0 Å². The predicted octanol–water partition coefficient (Wildman–Crippen LogP) is 3.22. The van der Waals surface area contributed by atoms with Crippen LogP contribution in [0.1, 0.15) is 11.1 Å². The summed E-state index contributed by atoms with van der Waals surface area (Å²) < 4.78 is 0. The van der Waals surface area contributed by atoms with E-state index in [1.54, 1.807) is 0 Å². The molecule has 1 aliphatic heterocycles. The minimum Gasteiger partial charge on any atom is -0.370 e. The molecule has 5 heteroatoms. The number of anilines is 2. The quantitative estimate of drug-likeness (QED) is 0.759. The van der Waals surface area contributed by atoms with Crippen molar-refractivity contribution in [1.82, 2.24) is 9.88 Å². The first kappa shape index (κ1) is 18.6. The molecule has 0 atom stereocenters. The third-order valence-electron chi connectivity index (χ3n) is 5.64. The first-order valence-corrected chi connectivity index (χ1v) is 9.87. The van der Waals surface area contributed by atoms with E-state index in [4.69, 9.17) is 0 Å². The Labute approximate surface area is 166 Å². The van der Waals surface area contributed by atoms with E-state index < -0.39 is 0 Å². The van der Waals surface area contributed by atoms with E-state index in [1.807, 2.05) is 25.2 Å². The third kappa shape index (κ3) is 3.90. The van der Waals surface area contributed by atoms with Crippen molar-refractivity contribution in [3.05, 3.63) is 70.0 Å². The lowest BCUT2D eigenvalue weighted by Gasteiger charge is -2.34. The Morgan fingerprint density at radius 3 is 2.43 bits per heavy atom. The Balaban J connectivity index is 1.50. The molecule has 1 N–H and O–H groups in total. The van der Waals surface area contributed by atoms with Gasteiger partial charge in [0.15, 0.2) is 0 Å². The molecule has 2 heterocycles. The summed E-state index contributed by atoms with van der Waals surface area (Å²) in [6.45, 7) is 6.98. The van der Waals surface area contributed by atoms with Gasteiger partial charge in [-0.1, -0.05) is 11.6 Å². The van der Waals surface area contributed by atoms with Gasteiger partial charge in [-0.3, -0.25) is 4.79 Å². The molecular formula is C23H28N4O. The second-order valence-corrected chi connectivity index (χ2v) is 7.88. The van der Waals surface area contributed by atoms with E-state index in [2.05, 4.69) is 64.0 Å². The van der Waals surface area contributed by atoms with Crippen LogP contribution in [-0.2, 0) is 6.54 Å². The second kappa shape index (κ2) is 7.68. The molecule has 2 aromatic carbocycles. The molecule has 28 heavy (non-hydrogen) atoms. The van der Waals surface area contributed by atoms with Gasteiger partial charge in [-0.25, -0.2) is 0 Å². The summed E-state index contributed by atoms with van der Waals surface area (Å²) in [6, 6.07) is 16.8. The lowest BCUT2D eigenvalue weighted by molar-refractivity contribution is 0.313. The highest BCUT2D eigenvalue weighted by Crippen LogP contribution is 2.22. The maximum absolute atomic E-state index is 12.5. The number of nitrogens with one attached hydrogen (secondary N) is 1. The average Bonchev–Trinajstić information content (AvgIpc) is 2.69. The SMILES string of the molecule is Cc1ccc2[nH]c(=O)c(CN(C)c3ccc(N4CCN(C)CC4)cc3)cc2c1. The number of likely N-dealkylation sites (N-methyl/N-ethyl adjacent to an activating group) is 1. The fraction of sp³-hybridized carbons (Fsp3) is 0.348. The average molecular weight is 377 g/mol. The van der Waals surface area contributed by atoms with E-state index >= 15 is 0 Å². The van der Waals surface area contributed by atoms with Crippen LogP contribution in [0.2, 0.25) is 0 Å². The first-order valence-electron chi connectivity index (χ1n) is 9.87. The monoisotopic (exact) mass is 376 g/mol. The van der Waals surface area contributed by atoms with Gasteiger partial charge in [0.2, 0.25) is 0 Å². The van der Waals surface area contributed by atoms with E-state index in [1.165, 1.54) is 11.3 Å². The second-order valence-electron chi connectivity index (χ2n) is 7.88. The smallest absolute Gasteiger partial charge is 0.253 e. The van der Waals surface area contributed by atoms with Gasteiger partial charge in [0.1, 0.15) is 0 Å². The van der Waals surface area contributed by atoms with Crippen LogP contribution >= 0.6 is 0 Å². The number of piperazine rings is 1. The van der Waals surface area contributed by atoms with Gasteiger partial charge in [-0.15, -0.1) is 0 Å². The molecule has 0 radical (unpaired) electrons. The summed E-state index contributed by atoms with van der Waals surface area (Å²) in [4.78, 5) is 22.4. The zero-order chi connectivity index (χ0) is 19.7. The molecule has 3 aromatic rings. The summed E-state index contributed by atoms with van der Waals surface area (Å²) >= 11 is 0. The van der Waals surface area contributed by atoms with Crippen molar-refractivity contribution in [1.29, 1.82) is 0 Å². The van der Waals surface area contributed by atoms with Crippen LogP contribution in [0.4, 0.5) is 11.4 Å². The fourth-order valence-electron chi connectivity index (χ4n) is 3.82. The summed E-state index contributed by atoms with van der Waals surface area (Å²) in [6.07, 6.45) is 0. The molecule has 0 bridgehead atoms. The molecule has 0 spiro atoms. The fourth-order valence-corrected chi connectivity index (χ4v) is 3.82. The molecule has 1 fully saturated rings. The number of pyridine rings is 1. The topological polar surface area (TPSA) is 42.6 Å². The molecule has 1 aliphatic rings. The minimum absolute atomic E-state index is 0.0164. The summed E-state index contributed by atoms with van der Waals surface area (Å²) in [5.74, 6) is 0. The highest BCUT2D eigenvalue weighted by Gasteiger charge is 2.14. The number of fused-ring (bicyclic) bond motifs is 1. The zero-order valence-electron chi connectivity index (χ0n) is 16.9. The number of nitrogens with zero attached hydrogens (tertiary/aromatic N) is 3. The lowest BCUT2D eigenvalue weighted by atomic mass is 10.1. The maximum Gasteiger partial charge on any atom is 0.253 e. The van der Waals surface area contributed by atoms with Crippen LogP contribution in [0.5, 0.6) is 0 Å². The van der Waals surface area contributed by atoms with Crippen LogP contribution in [0.15, 0.2) is 53.3 Å². The summed E-state index contributed by atoms with van der Waals surface area (Å²) in [7, 11) is 4.20. The highest BCUT2D eigenvalue weighted by atomic mass is 16.1. The molecule has 1 aromatic heterocycles. The minimum atomic E-state index is -0.0164. The van der Waals surface area contributed by atoms with Gasteiger partial charge in [-0.05, 0) is 61.8 Å². The third-order valence-corrected chi connectivity index (χ3v) is 5.64. The Morgan fingerprint density at radius 1 is 1.00 bits per heavy atom. The van der Waals surface area contributed by atoms with Gasteiger partial charge in [0.05, 0.1) is 0 Å². The number of H-pyrrole nitrogens is 1. The van der Waals surface area contributed by atoms with Gasteiger partial charge in [0.25, 0.3) is 5.56 Å². The Bertz CT molecular complexity index is 1020. The van der Waals surface area contributed by atoms with Crippen LogP contribution in [0, 0.1) is 6.92 Å². The van der Waals surface area contributed by atoms with E-state index in [0.29, 0.717) is 6.54 Å². The molecular weight excluding hydrogens is 348 g/mol. The summed E-state index contributed by atoms with van der Waals surface area (Å²) in [5, 5.41) is 1.08. The molecule has 0 unspecified atom stereocenters. The molecule has 0 saturated carbocycles. The maximum atomic E-state index is 12.5. The standard InChI is InChI=1S/C23H28N4O/c1-17-4-9-22-18(14-17)15-19(23(28)24-22)16-26(3)20-5-7-21(8-6-20)27-12-10-25(2)11-13-27/h4-9,14-15H,10-13,16H2,1-3H3,(H,24,28). The number of benzene rings is 2. The number of hydrogen-bond donors (Lipinski definition) is 1. The molecule has 0 amide bonds. The number of aromatic nitrogens is 1. The molecule has 4 rings (SSSR count). The van der Waals surface area contributed by atoms with Crippen molar-refractivity contribution < 1.29 is 0 Å². The predicted molar refractivity (Wildman–Crippen MR) is 118 cm³/mol. The molecule has 0 aliphatic carbocycles. The molecule has 5 nitrogen and oxygen atoms in total. The van der Waals surface area contributed by atoms with Gasteiger partial charge >= 0.3 is 0 Å². The van der Waals surface area contributed by atoms with Crippen LogP contribution < -0.4 is 15.4 Å². The summed E-state index contributed by atoms with van der Waals surface area (Å²) in [5.41, 5.74) is 5.23. The van der Waals surface area contributed by atoms with E-state index in [0.717, 1.165) is 48.3 Å².